The van der Waals surface area contributed by atoms with Gasteiger partial charge in [0.15, 0.2) is 6.10 Å². The zero-order chi connectivity index (χ0) is 21.3. The second-order valence-electron chi connectivity index (χ2n) is 6.89. The molecule has 30 heavy (non-hydrogen) atoms. The Morgan fingerprint density at radius 3 is 2.10 bits per heavy atom. The number of nitrogens with zero attached hydrogens (tertiary/aromatic N) is 1. The van der Waals surface area contributed by atoms with Gasteiger partial charge in [0.2, 0.25) is 0 Å². The molecule has 1 N–H and O–H groups in total. The fourth-order valence-electron chi connectivity index (χ4n) is 3.17. The lowest BCUT2D eigenvalue weighted by atomic mass is 9.88. The predicted octanol–water partition coefficient (Wildman–Crippen LogP) is 4.65. The van der Waals surface area contributed by atoms with Crippen LogP contribution in [0.5, 0.6) is 0 Å². The van der Waals surface area contributed by atoms with Gasteiger partial charge in [-0.3, -0.25) is 9.59 Å². The van der Waals surface area contributed by atoms with Gasteiger partial charge in [0.1, 0.15) is 0 Å². The molecule has 0 aliphatic rings. The standard InChI is InChI=1S/C25H22N2O3/c1-18(25(29)27-22-14-8-9-19(15-22)17-26)30-24(28)16-23(20-10-4-2-5-11-20)21-12-6-3-7-13-21/h2-15,18,23H,16H2,1H3,(H,27,29)/t18-/m1/s1. The van der Waals surface area contributed by atoms with Gasteiger partial charge in [0, 0.05) is 11.6 Å². The van der Waals surface area contributed by atoms with Gasteiger partial charge in [0.25, 0.3) is 5.91 Å². The number of ether oxygens (including phenoxy) is 1. The van der Waals surface area contributed by atoms with Crippen LogP contribution in [0, 0.1) is 11.3 Å². The molecule has 0 aromatic heterocycles. The van der Waals surface area contributed by atoms with E-state index in [4.69, 9.17) is 10.00 Å². The lowest BCUT2D eigenvalue weighted by Crippen LogP contribution is -2.30. The first-order chi connectivity index (χ1) is 14.6. The first-order valence-corrected chi connectivity index (χ1v) is 9.67. The number of carbonyl (C=O) groups is 2. The maximum absolute atomic E-state index is 12.6. The predicted molar refractivity (Wildman–Crippen MR) is 115 cm³/mol. The number of amides is 1. The summed E-state index contributed by atoms with van der Waals surface area (Å²) >= 11 is 0. The molecule has 0 aliphatic carbocycles. The van der Waals surface area contributed by atoms with E-state index < -0.39 is 18.0 Å². The number of nitriles is 1. The third kappa shape index (κ3) is 5.55. The molecule has 3 aromatic carbocycles. The summed E-state index contributed by atoms with van der Waals surface area (Å²) in [6.45, 7) is 1.53. The normalized spacial score (nSPS) is 11.4. The van der Waals surface area contributed by atoms with Gasteiger partial charge in [0.05, 0.1) is 18.1 Å². The summed E-state index contributed by atoms with van der Waals surface area (Å²) in [7, 11) is 0. The Balaban J connectivity index is 1.66. The molecule has 150 valence electrons. The lowest BCUT2D eigenvalue weighted by Gasteiger charge is -2.19. The van der Waals surface area contributed by atoms with Crippen LogP contribution >= 0.6 is 0 Å². The molecule has 3 rings (SSSR count). The highest BCUT2D eigenvalue weighted by Gasteiger charge is 2.23. The minimum Gasteiger partial charge on any atom is -0.453 e. The average molecular weight is 398 g/mol. The fraction of sp³-hybridized carbons (Fsp3) is 0.160. The quantitative estimate of drug-likeness (QED) is 0.588. The molecule has 0 spiro atoms. The minimum atomic E-state index is -0.963. The highest BCUT2D eigenvalue weighted by Crippen LogP contribution is 2.28. The molecule has 0 heterocycles. The number of esters is 1. The molecule has 1 atom stereocenters. The number of benzene rings is 3. The highest BCUT2D eigenvalue weighted by molar-refractivity contribution is 5.95. The van der Waals surface area contributed by atoms with Crippen molar-refractivity contribution in [1.82, 2.24) is 0 Å². The van der Waals surface area contributed by atoms with E-state index in [2.05, 4.69) is 5.32 Å². The molecule has 3 aromatic rings. The Morgan fingerprint density at radius 2 is 1.53 bits per heavy atom. The average Bonchev–Trinajstić information content (AvgIpc) is 2.78. The van der Waals surface area contributed by atoms with Gasteiger partial charge < -0.3 is 10.1 Å². The Kier molecular flexibility index (Phi) is 6.96. The Labute approximate surface area is 175 Å². The number of nitrogens with one attached hydrogen (secondary N) is 1. The van der Waals surface area contributed by atoms with E-state index in [-0.39, 0.29) is 12.3 Å². The third-order valence-electron chi connectivity index (χ3n) is 4.71. The van der Waals surface area contributed by atoms with E-state index in [1.165, 1.54) is 6.92 Å². The van der Waals surface area contributed by atoms with E-state index in [9.17, 15) is 9.59 Å². The smallest absolute Gasteiger partial charge is 0.307 e. The van der Waals surface area contributed by atoms with Gasteiger partial charge in [-0.25, -0.2) is 0 Å². The summed E-state index contributed by atoms with van der Waals surface area (Å²) < 4.78 is 5.40. The summed E-state index contributed by atoms with van der Waals surface area (Å²) in [6.07, 6.45) is -0.842. The third-order valence-corrected chi connectivity index (χ3v) is 4.71. The molecular weight excluding hydrogens is 376 g/mol. The Morgan fingerprint density at radius 1 is 0.933 bits per heavy atom. The summed E-state index contributed by atoms with van der Waals surface area (Å²) in [5.74, 6) is -1.07. The van der Waals surface area contributed by atoms with Crippen LogP contribution in [0.2, 0.25) is 0 Å². The molecule has 0 unspecified atom stereocenters. The van der Waals surface area contributed by atoms with Crippen molar-refractivity contribution in [3.8, 4) is 6.07 Å². The van der Waals surface area contributed by atoms with Crippen LogP contribution in [0.25, 0.3) is 0 Å². The molecule has 0 aliphatic heterocycles. The first-order valence-electron chi connectivity index (χ1n) is 9.67. The van der Waals surface area contributed by atoms with Crippen LogP contribution in [0.1, 0.15) is 36.0 Å². The summed E-state index contributed by atoms with van der Waals surface area (Å²) in [6, 6.07) is 28.1. The molecular formula is C25H22N2O3. The zero-order valence-electron chi connectivity index (χ0n) is 16.6. The second kappa shape index (κ2) is 10.0. The monoisotopic (exact) mass is 398 g/mol. The van der Waals surface area contributed by atoms with E-state index in [1.807, 2.05) is 66.7 Å². The largest absolute Gasteiger partial charge is 0.453 e. The van der Waals surface area contributed by atoms with Crippen molar-refractivity contribution in [2.24, 2.45) is 0 Å². The summed E-state index contributed by atoms with van der Waals surface area (Å²) in [5.41, 5.74) is 2.93. The van der Waals surface area contributed by atoms with Crippen molar-refractivity contribution in [1.29, 1.82) is 5.26 Å². The number of rotatable bonds is 7. The number of anilines is 1. The lowest BCUT2D eigenvalue weighted by molar-refractivity contribution is -0.153. The van der Waals surface area contributed by atoms with Crippen LogP contribution < -0.4 is 5.32 Å². The molecule has 0 radical (unpaired) electrons. The van der Waals surface area contributed by atoms with Crippen molar-refractivity contribution >= 4 is 17.6 Å². The minimum absolute atomic E-state index is 0.121. The number of hydrogen-bond acceptors (Lipinski definition) is 4. The number of hydrogen-bond donors (Lipinski definition) is 1. The van der Waals surface area contributed by atoms with E-state index in [0.29, 0.717) is 11.3 Å². The maximum atomic E-state index is 12.6. The first kappa shape index (κ1) is 20.8. The zero-order valence-corrected chi connectivity index (χ0v) is 16.6. The van der Waals surface area contributed by atoms with E-state index >= 15 is 0 Å². The van der Waals surface area contributed by atoms with Gasteiger partial charge in [-0.1, -0.05) is 66.7 Å². The van der Waals surface area contributed by atoms with Crippen molar-refractivity contribution in [3.05, 3.63) is 102 Å². The van der Waals surface area contributed by atoms with Crippen LogP contribution in [-0.4, -0.2) is 18.0 Å². The molecule has 0 bridgehead atoms. The van der Waals surface area contributed by atoms with Crippen LogP contribution in [0.3, 0.4) is 0 Å². The van der Waals surface area contributed by atoms with Gasteiger partial charge >= 0.3 is 5.97 Å². The molecule has 1 amide bonds. The van der Waals surface area contributed by atoms with Crippen LogP contribution in [0.15, 0.2) is 84.9 Å². The van der Waals surface area contributed by atoms with Crippen molar-refractivity contribution < 1.29 is 14.3 Å². The fourth-order valence-corrected chi connectivity index (χ4v) is 3.17. The highest BCUT2D eigenvalue weighted by atomic mass is 16.5. The molecule has 0 saturated carbocycles. The maximum Gasteiger partial charge on any atom is 0.307 e. The number of carbonyl (C=O) groups excluding carboxylic acids is 2. The molecule has 5 nitrogen and oxygen atoms in total. The van der Waals surface area contributed by atoms with Gasteiger partial charge in [-0.05, 0) is 36.2 Å². The van der Waals surface area contributed by atoms with E-state index in [0.717, 1.165) is 11.1 Å². The van der Waals surface area contributed by atoms with Crippen LogP contribution in [-0.2, 0) is 14.3 Å². The topological polar surface area (TPSA) is 79.2 Å². The molecule has 0 saturated heterocycles. The van der Waals surface area contributed by atoms with Crippen LogP contribution in [0.4, 0.5) is 5.69 Å². The summed E-state index contributed by atoms with van der Waals surface area (Å²) in [4.78, 5) is 25.0. The van der Waals surface area contributed by atoms with Crippen molar-refractivity contribution in [2.45, 2.75) is 25.4 Å². The van der Waals surface area contributed by atoms with Gasteiger partial charge in [-0.2, -0.15) is 5.26 Å². The SMILES string of the molecule is C[C@@H](OC(=O)CC(c1ccccc1)c1ccccc1)C(=O)Nc1cccc(C#N)c1. The van der Waals surface area contributed by atoms with E-state index in [1.54, 1.807) is 24.3 Å². The Hall–Kier alpha value is -3.91. The van der Waals surface area contributed by atoms with Gasteiger partial charge in [-0.15, -0.1) is 0 Å². The Bertz CT molecular complexity index is 1000. The van der Waals surface area contributed by atoms with Crippen molar-refractivity contribution in [3.63, 3.8) is 0 Å². The second-order valence-corrected chi connectivity index (χ2v) is 6.89. The molecule has 5 heteroatoms. The van der Waals surface area contributed by atoms with Crippen molar-refractivity contribution in [2.75, 3.05) is 5.32 Å². The molecule has 0 fully saturated rings. The summed E-state index contributed by atoms with van der Waals surface area (Å²) in [5, 5.41) is 11.6.